The number of hydrogen-bond donors (Lipinski definition) is 0. The SMILES string of the molecule is FC(F)C(F)(F)C=S1c2ccccc2-c2ccccc21. The lowest BCUT2D eigenvalue weighted by Crippen LogP contribution is -2.27. The van der Waals surface area contributed by atoms with E-state index >= 15 is 0 Å². The molecule has 2 aromatic carbocycles. The smallest absolute Gasteiger partial charge is 0.203 e. The summed E-state index contributed by atoms with van der Waals surface area (Å²) in [4.78, 5) is 1.35. The molecule has 0 spiro atoms. The van der Waals surface area contributed by atoms with E-state index in [1.165, 1.54) is 0 Å². The lowest BCUT2D eigenvalue weighted by molar-refractivity contribution is -0.0698. The molecule has 20 heavy (non-hydrogen) atoms. The molecule has 1 aliphatic rings. The van der Waals surface area contributed by atoms with Gasteiger partial charge in [0.05, 0.1) is 0 Å². The van der Waals surface area contributed by atoms with Crippen LogP contribution < -0.4 is 0 Å². The Morgan fingerprint density at radius 1 is 0.850 bits per heavy atom. The third kappa shape index (κ3) is 2.06. The fourth-order valence-corrected chi connectivity index (χ4v) is 4.40. The predicted molar refractivity (Wildman–Crippen MR) is 73.0 cm³/mol. The molecule has 0 aromatic heterocycles. The highest BCUT2D eigenvalue weighted by Crippen LogP contribution is 2.53. The summed E-state index contributed by atoms with van der Waals surface area (Å²) in [6, 6.07) is 14.2. The first kappa shape index (κ1) is 13.4. The summed E-state index contributed by atoms with van der Waals surface area (Å²) in [5.41, 5.74) is 1.68. The van der Waals surface area contributed by atoms with Gasteiger partial charge in [0, 0.05) is 15.2 Å². The number of alkyl halides is 4. The molecule has 1 aliphatic heterocycles. The molecule has 0 saturated carbocycles. The molecule has 0 saturated heterocycles. The van der Waals surface area contributed by atoms with Gasteiger partial charge in [0.15, 0.2) is 0 Å². The van der Waals surface area contributed by atoms with Crippen molar-refractivity contribution in [1.82, 2.24) is 0 Å². The predicted octanol–water partition coefficient (Wildman–Crippen LogP) is 5.06. The zero-order valence-corrected chi connectivity index (χ0v) is 11.0. The highest BCUT2D eigenvalue weighted by molar-refractivity contribution is 8.15. The molecule has 0 atom stereocenters. The first-order valence-electron chi connectivity index (χ1n) is 5.94. The molecule has 0 N–H and O–H groups in total. The fourth-order valence-electron chi connectivity index (χ4n) is 2.22. The van der Waals surface area contributed by atoms with E-state index in [2.05, 4.69) is 0 Å². The quantitative estimate of drug-likeness (QED) is 0.458. The van der Waals surface area contributed by atoms with Gasteiger partial charge in [0.2, 0.25) is 0 Å². The Kier molecular flexibility index (Phi) is 3.17. The van der Waals surface area contributed by atoms with Gasteiger partial charge in [0.1, 0.15) is 0 Å². The van der Waals surface area contributed by atoms with Gasteiger partial charge in [-0.2, -0.15) is 8.78 Å². The van der Waals surface area contributed by atoms with Gasteiger partial charge in [-0.15, -0.1) is 10.5 Å². The Morgan fingerprint density at radius 2 is 1.30 bits per heavy atom. The molecular formula is C15H10F4S. The van der Waals surface area contributed by atoms with E-state index in [9.17, 15) is 17.6 Å². The van der Waals surface area contributed by atoms with Crippen molar-refractivity contribution < 1.29 is 17.6 Å². The van der Waals surface area contributed by atoms with Crippen molar-refractivity contribution in [2.75, 3.05) is 0 Å². The molecule has 0 unspecified atom stereocenters. The van der Waals surface area contributed by atoms with Crippen LogP contribution >= 0.6 is 10.5 Å². The molecule has 5 heteroatoms. The zero-order valence-electron chi connectivity index (χ0n) is 10.2. The molecule has 104 valence electrons. The minimum atomic E-state index is -4.09. The van der Waals surface area contributed by atoms with Crippen LogP contribution in [0.3, 0.4) is 0 Å². The van der Waals surface area contributed by atoms with Crippen LogP contribution in [-0.2, 0) is 0 Å². The van der Waals surface area contributed by atoms with Crippen molar-refractivity contribution in [3.8, 4) is 11.1 Å². The molecule has 0 fully saturated rings. The Morgan fingerprint density at radius 3 is 1.75 bits per heavy atom. The van der Waals surface area contributed by atoms with Crippen molar-refractivity contribution in [3.63, 3.8) is 0 Å². The minimum absolute atomic E-state index is 0.488. The second kappa shape index (κ2) is 4.74. The van der Waals surface area contributed by atoms with E-state index < -0.39 is 22.8 Å². The van der Waals surface area contributed by atoms with Crippen molar-refractivity contribution in [1.29, 1.82) is 0 Å². The average molecular weight is 298 g/mol. The van der Waals surface area contributed by atoms with Gasteiger partial charge >= 0.3 is 12.3 Å². The largest absolute Gasteiger partial charge is 0.331 e. The Labute approximate surface area is 116 Å². The van der Waals surface area contributed by atoms with Crippen molar-refractivity contribution in [2.24, 2.45) is 0 Å². The molecular weight excluding hydrogens is 288 g/mol. The summed E-state index contributed by atoms with van der Waals surface area (Å²) in [5.74, 6) is -4.09. The minimum Gasteiger partial charge on any atom is -0.203 e. The van der Waals surface area contributed by atoms with Crippen LogP contribution in [0.2, 0.25) is 0 Å². The van der Waals surface area contributed by atoms with Gasteiger partial charge in [-0.3, -0.25) is 0 Å². The highest BCUT2D eigenvalue weighted by Gasteiger charge is 2.40. The monoisotopic (exact) mass is 298 g/mol. The van der Waals surface area contributed by atoms with Crippen LogP contribution in [0.25, 0.3) is 11.1 Å². The van der Waals surface area contributed by atoms with E-state index in [0.29, 0.717) is 15.2 Å². The molecule has 2 aromatic rings. The van der Waals surface area contributed by atoms with Gasteiger partial charge in [-0.05, 0) is 23.3 Å². The van der Waals surface area contributed by atoms with Crippen LogP contribution in [-0.4, -0.2) is 17.7 Å². The molecule has 0 bridgehead atoms. The third-order valence-electron chi connectivity index (χ3n) is 3.10. The van der Waals surface area contributed by atoms with Crippen LogP contribution in [0, 0.1) is 0 Å². The molecule has 3 rings (SSSR count). The maximum absolute atomic E-state index is 13.4. The lowest BCUT2D eigenvalue weighted by atomic mass is 10.1. The summed E-state index contributed by atoms with van der Waals surface area (Å²) in [7, 11) is -1.12. The topological polar surface area (TPSA) is 0 Å². The van der Waals surface area contributed by atoms with Crippen LogP contribution in [0.1, 0.15) is 0 Å². The average Bonchev–Trinajstić information content (AvgIpc) is 2.74. The number of fused-ring (bicyclic) bond motifs is 3. The number of rotatable bonds is 2. The first-order chi connectivity index (χ1) is 9.50. The van der Waals surface area contributed by atoms with E-state index in [0.717, 1.165) is 11.1 Å². The van der Waals surface area contributed by atoms with Crippen molar-refractivity contribution in [2.45, 2.75) is 22.1 Å². The summed E-state index contributed by atoms with van der Waals surface area (Å²) in [6.45, 7) is 0. The Balaban J connectivity index is 2.24. The fraction of sp³-hybridized carbons (Fsp3) is 0.133. The summed E-state index contributed by atoms with van der Waals surface area (Å²) in [5, 5.41) is 0.488. The number of halogens is 4. The van der Waals surface area contributed by atoms with E-state index in [4.69, 9.17) is 0 Å². The maximum Gasteiger partial charge on any atom is 0.331 e. The molecule has 1 heterocycles. The summed E-state index contributed by atoms with van der Waals surface area (Å²) >= 11 is 0. The number of hydrogen-bond acceptors (Lipinski definition) is 0. The molecule has 0 amide bonds. The summed E-state index contributed by atoms with van der Waals surface area (Å²) < 4.78 is 51.7. The molecule has 0 nitrogen and oxygen atoms in total. The maximum atomic E-state index is 13.4. The van der Waals surface area contributed by atoms with Gasteiger partial charge in [-0.1, -0.05) is 36.4 Å². The second-order valence-electron chi connectivity index (χ2n) is 4.42. The number of benzene rings is 2. The van der Waals surface area contributed by atoms with E-state index in [1.807, 2.05) is 24.3 Å². The van der Waals surface area contributed by atoms with Crippen LogP contribution in [0.5, 0.6) is 0 Å². The zero-order chi connectivity index (χ0) is 14.3. The Bertz CT molecular complexity index is 644. The second-order valence-corrected chi connectivity index (χ2v) is 6.21. The molecule has 0 aliphatic carbocycles. The Hall–Kier alpha value is -1.62. The normalized spacial score (nSPS) is 14.2. The van der Waals surface area contributed by atoms with E-state index in [-0.39, 0.29) is 0 Å². The first-order valence-corrected chi connectivity index (χ1v) is 7.23. The standard InChI is InChI=1S/C15H10F4S/c16-14(17)15(18,19)9-20-12-7-3-1-5-10(12)11-6-2-4-8-13(11)20/h1-9,14H. The van der Waals surface area contributed by atoms with Crippen molar-refractivity contribution >= 4 is 15.9 Å². The summed E-state index contributed by atoms with van der Waals surface area (Å²) in [6.07, 6.45) is -3.69. The highest BCUT2D eigenvalue weighted by atomic mass is 32.2. The van der Waals surface area contributed by atoms with Crippen LogP contribution in [0.15, 0.2) is 58.3 Å². The van der Waals surface area contributed by atoms with Crippen molar-refractivity contribution in [3.05, 3.63) is 48.5 Å². The van der Waals surface area contributed by atoms with Gasteiger partial charge < -0.3 is 0 Å². The van der Waals surface area contributed by atoms with Crippen LogP contribution in [0.4, 0.5) is 17.6 Å². The third-order valence-corrected chi connectivity index (χ3v) is 5.31. The molecule has 0 radical (unpaired) electrons. The van der Waals surface area contributed by atoms with Gasteiger partial charge in [-0.25, -0.2) is 8.78 Å². The van der Waals surface area contributed by atoms with E-state index in [1.54, 1.807) is 24.3 Å². The lowest BCUT2D eigenvalue weighted by Gasteiger charge is -2.13. The van der Waals surface area contributed by atoms with Gasteiger partial charge in [0.25, 0.3) is 0 Å².